The van der Waals surface area contributed by atoms with Crippen molar-refractivity contribution < 1.29 is 14.7 Å². The van der Waals surface area contributed by atoms with Gasteiger partial charge in [-0.15, -0.1) is 11.3 Å². The van der Waals surface area contributed by atoms with Gasteiger partial charge in [0, 0.05) is 6.54 Å². The number of aromatic nitrogens is 1. The summed E-state index contributed by atoms with van der Waals surface area (Å²) in [4.78, 5) is 26.7. The van der Waals surface area contributed by atoms with Gasteiger partial charge in [-0.2, -0.15) is 0 Å². The molecule has 0 aliphatic carbocycles. The number of benzene rings is 1. The van der Waals surface area contributed by atoms with E-state index in [-0.39, 0.29) is 11.5 Å². The molecule has 0 unspecified atom stereocenters. The Balaban J connectivity index is 2.04. The number of carbonyl (C=O) groups is 2. The van der Waals surface area contributed by atoms with E-state index >= 15 is 0 Å². The topological polar surface area (TPSA) is 79.3 Å². The maximum absolute atomic E-state index is 11.5. The van der Waals surface area contributed by atoms with Crippen molar-refractivity contribution in [3.63, 3.8) is 0 Å². The molecular weight excluding hydrogens is 296 g/mol. The molecule has 1 amide bonds. The third kappa shape index (κ3) is 3.71. The fourth-order valence-electron chi connectivity index (χ4n) is 1.54. The number of thiazole rings is 1. The summed E-state index contributed by atoms with van der Waals surface area (Å²) in [5.41, 5.74) is 0.881. The Bertz CT molecular complexity index is 640. The van der Waals surface area contributed by atoms with Gasteiger partial charge in [0.15, 0.2) is 4.34 Å². The minimum absolute atomic E-state index is 0.0117. The van der Waals surface area contributed by atoms with Gasteiger partial charge in [0.1, 0.15) is 0 Å². The van der Waals surface area contributed by atoms with Gasteiger partial charge >= 0.3 is 5.97 Å². The van der Waals surface area contributed by atoms with Crippen molar-refractivity contribution in [2.24, 2.45) is 0 Å². The van der Waals surface area contributed by atoms with Crippen molar-refractivity contribution in [3.8, 4) is 0 Å². The number of nitrogens with one attached hydrogen (secondary N) is 1. The van der Waals surface area contributed by atoms with E-state index < -0.39 is 5.97 Å². The van der Waals surface area contributed by atoms with Crippen LogP contribution in [0.4, 0.5) is 0 Å². The van der Waals surface area contributed by atoms with Gasteiger partial charge in [0.25, 0.3) is 0 Å². The van der Waals surface area contributed by atoms with Gasteiger partial charge in [0.05, 0.1) is 21.5 Å². The summed E-state index contributed by atoms with van der Waals surface area (Å²) < 4.78 is 1.70. The maximum atomic E-state index is 11.5. The second-order valence-electron chi connectivity index (χ2n) is 4.11. The number of nitrogens with zero attached hydrogens (tertiary/aromatic N) is 1. The molecule has 0 atom stereocenters. The number of carboxylic acids is 1. The normalized spacial score (nSPS) is 10.7. The van der Waals surface area contributed by atoms with Gasteiger partial charge in [-0.05, 0) is 24.6 Å². The minimum atomic E-state index is -0.965. The molecule has 106 valence electrons. The average Bonchev–Trinajstić information content (AvgIpc) is 2.84. The standard InChI is InChI=1S/C13H14N2O3S2/c1-2-5-14-11(16)7-19-13-15-9-6-8(12(17)18)3-4-10(9)20-13/h3-4,6H,2,5,7H2,1H3,(H,14,16)(H,17,18). The van der Waals surface area contributed by atoms with Crippen LogP contribution >= 0.6 is 23.1 Å². The first kappa shape index (κ1) is 14.8. The first-order valence-corrected chi connectivity index (χ1v) is 7.93. The molecule has 7 heteroatoms. The molecule has 1 aromatic carbocycles. The fraction of sp³-hybridized carbons (Fsp3) is 0.308. The smallest absolute Gasteiger partial charge is 0.335 e. The van der Waals surface area contributed by atoms with Crippen LogP contribution in [0.15, 0.2) is 22.5 Å². The maximum Gasteiger partial charge on any atom is 0.335 e. The molecular formula is C13H14N2O3S2. The second kappa shape index (κ2) is 6.71. The van der Waals surface area contributed by atoms with E-state index in [1.165, 1.54) is 23.1 Å². The van der Waals surface area contributed by atoms with E-state index in [1.807, 2.05) is 6.92 Å². The van der Waals surface area contributed by atoms with E-state index in [0.29, 0.717) is 17.8 Å². The van der Waals surface area contributed by atoms with Gasteiger partial charge < -0.3 is 10.4 Å². The Morgan fingerprint density at radius 3 is 2.95 bits per heavy atom. The molecule has 2 rings (SSSR count). The summed E-state index contributed by atoms with van der Waals surface area (Å²) in [6.45, 7) is 2.68. The molecule has 0 spiro atoms. The van der Waals surface area contributed by atoms with Crippen LogP contribution in [-0.4, -0.2) is 34.3 Å². The van der Waals surface area contributed by atoms with Crippen LogP contribution in [0.25, 0.3) is 10.2 Å². The monoisotopic (exact) mass is 310 g/mol. The summed E-state index contributed by atoms with van der Waals surface area (Å²) in [5, 5.41) is 11.7. The Morgan fingerprint density at radius 2 is 2.25 bits per heavy atom. The van der Waals surface area contributed by atoms with E-state index in [4.69, 9.17) is 5.11 Å². The lowest BCUT2D eigenvalue weighted by Crippen LogP contribution is -2.25. The molecule has 0 saturated carbocycles. The lowest BCUT2D eigenvalue weighted by atomic mass is 10.2. The van der Waals surface area contributed by atoms with Crippen LogP contribution in [-0.2, 0) is 4.79 Å². The molecule has 0 aliphatic heterocycles. The van der Waals surface area contributed by atoms with Crippen molar-refractivity contribution in [1.29, 1.82) is 0 Å². The number of rotatable bonds is 6. The van der Waals surface area contributed by atoms with Crippen molar-refractivity contribution >= 4 is 45.2 Å². The van der Waals surface area contributed by atoms with Gasteiger partial charge in [-0.25, -0.2) is 9.78 Å². The predicted octanol–water partition coefficient (Wildman–Crippen LogP) is 2.61. The number of carboxylic acid groups (broad SMARTS) is 1. The molecule has 0 radical (unpaired) electrons. The molecule has 20 heavy (non-hydrogen) atoms. The lowest BCUT2D eigenvalue weighted by molar-refractivity contribution is -0.118. The Morgan fingerprint density at radius 1 is 1.45 bits per heavy atom. The number of fused-ring (bicyclic) bond motifs is 1. The van der Waals surface area contributed by atoms with Gasteiger partial charge in [0.2, 0.25) is 5.91 Å². The zero-order valence-corrected chi connectivity index (χ0v) is 12.5. The van der Waals surface area contributed by atoms with Crippen molar-refractivity contribution in [1.82, 2.24) is 10.3 Å². The Kier molecular flexibility index (Phi) is 4.97. The van der Waals surface area contributed by atoms with Gasteiger partial charge in [-0.3, -0.25) is 4.79 Å². The fourth-order valence-corrected chi connectivity index (χ4v) is 3.42. The van der Waals surface area contributed by atoms with Crippen LogP contribution in [0.2, 0.25) is 0 Å². The highest BCUT2D eigenvalue weighted by Crippen LogP contribution is 2.29. The van der Waals surface area contributed by atoms with Crippen LogP contribution in [0, 0.1) is 0 Å². The zero-order valence-electron chi connectivity index (χ0n) is 10.9. The second-order valence-corrected chi connectivity index (χ2v) is 6.36. The van der Waals surface area contributed by atoms with E-state index in [1.54, 1.807) is 18.2 Å². The zero-order chi connectivity index (χ0) is 14.5. The molecule has 0 bridgehead atoms. The number of aromatic carboxylic acids is 1. The largest absolute Gasteiger partial charge is 0.478 e. The molecule has 0 fully saturated rings. The SMILES string of the molecule is CCCNC(=O)CSc1nc2cc(C(=O)O)ccc2s1. The van der Waals surface area contributed by atoms with Crippen molar-refractivity contribution in [2.45, 2.75) is 17.7 Å². The number of amides is 1. The van der Waals surface area contributed by atoms with Crippen molar-refractivity contribution in [3.05, 3.63) is 23.8 Å². The first-order valence-electron chi connectivity index (χ1n) is 6.13. The van der Waals surface area contributed by atoms with Gasteiger partial charge in [-0.1, -0.05) is 18.7 Å². The average molecular weight is 310 g/mol. The number of thioether (sulfide) groups is 1. The molecule has 0 saturated heterocycles. The lowest BCUT2D eigenvalue weighted by Gasteiger charge is -2.00. The highest BCUT2D eigenvalue weighted by Gasteiger charge is 2.10. The summed E-state index contributed by atoms with van der Waals surface area (Å²) in [6.07, 6.45) is 0.912. The van der Waals surface area contributed by atoms with Crippen molar-refractivity contribution in [2.75, 3.05) is 12.3 Å². The highest BCUT2D eigenvalue weighted by molar-refractivity contribution is 8.01. The van der Waals surface area contributed by atoms with E-state index in [0.717, 1.165) is 15.5 Å². The molecule has 1 heterocycles. The quantitative estimate of drug-likeness (QED) is 0.802. The van der Waals surface area contributed by atoms with E-state index in [2.05, 4.69) is 10.3 Å². The summed E-state index contributed by atoms with van der Waals surface area (Å²) in [5.74, 6) is -0.651. The minimum Gasteiger partial charge on any atom is -0.478 e. The number of carbonyl (C=O) groups excluding carboxylic acids is 1. The van der Waals surface area contributed by atoms with Crippen LogP contribution in [0.1, 0.15) is 23.7 Å². The number of hydrogen-bond donors (Lipinski definition) is 2. The summed E-state index contributed by atoms with van der Waals surface area (Å²) in [7, 11) is 0. The Hall–Kier alpha value is -1.60. The molecule has 5 nitrogen and oxygen atoms in total. The van der Waals surface area contributed by atoms with Crippen LogP contribution in [0.3, 0.4) is 0 Å². The third-order valence-corrected chi connectivity index (χ3v) is 4.69. The molecule has 2 N–H and O–H groups in total. The molecule has 1 aromatic heterocycles. The van der Waals surface area contributed by atoms with Crippen LogP contribution in [0.5, 0.6) is 0 Å². The van der Waals surface area contributed by atoms with Crippen LogP contribution < -0.4 is 5.32 Å². The Labute approximate surface area is 124 Å². The number of hydrogen-bond acceptors (Lipinski definition) is 5. The highest BCUT2D eigenvalue weighted by atomic mass is 32.2. The molecule has 2 aromatic rings. The first-order chi connectivity index (χ1) is 9.60. The third-order valence-electron chi connectivity index (χ3n) is 2.51. The van der Waals surface area contributed by atoms with E-state index in [9.17, 15) is 9.59 Å². The molecule has 0 aliphatic rings. The predicted molar refractivity (Wildman–Crippen MR) is 80.6 cm³/mol. The summed E-state index contributed by atoms with van der Waals surface area (Å²) in [6, 6.07) is 4.86. The summed E-state index contributed by atoms with van der Waals surface area (Å²) >= 11 is 2.83.